The van der Waals surface area contributed by atoms with E-state index in [2.05, 4.69) is 14.7 Å². The summed E-state index contributed by atoms with van der Waals surface area (Å²) in [7, 11) is -3.83. The van der Waals surface area contributed by atoms with E-state index in [9.17, 15) is 8.42 Å². The van der Waals surface area contributed by atoms with Crippen molar-refractivity contribution in [2.45, 2.75) is 30.8 Å². The number of fused-ring (bicyclic) bond motifs is 1. The van der Waals surface area contributed by atoms with Crippen LogP contribution in [0.5, 0.6) is 5.88 Å². The van der Waals surface area contributed by atoms with Gasteiger partial charge < -0.3 is 9.47 Å². The molecule has 4 rings (SSSR count). The maximum absolute atomic E-state index is 12.8. The van der Waals surface area contributed by atoms with Gasteiger partial charge in [0.2, 0.25) is 5.82 Å². The van der Waals surface area contributed by atoms with Crippen molar-refractivity contribution in [3.8, 4) is 5.88 Å². The Balaban J connectivity index is 1.68. The van der Waals surface area contributed by atoms with Gasteiger partial charge in [-0.05, 0) is 49.6 Å². The van der Waals surface area contributed by atoms with E-state index in [0.29, 0.717) is 24.2 Å². The smallest absolute Gasteiger partial charge is 0.263 e. The SMILES string of the molecule is Cc1cccc(S(=O)(=O)Nc2nc3ccccc3nc2OCC2CCCO2)c1. The molecule has 2 aromatic carbocycles. The number of anilines is 1. The number of hydrogen-bond acceptors (Lipinski definition) is 6. The van der Waals surface area contributed by atoms with E-state index in [0.717, 1.165) is 18.4 Å². The summed E-state index contributed by atoms with van der Waals surface area (Å²) in [5.74, 6) is 0.212. The molecule has 146 valence electrons. The molecule has 28 heavy (non-hydrogen) atoms. The van der Waals surface area contributed by atoms with Crippen LogP contribution in [0.1, 0.15) is 18.4 Å². The quantitative estimate of drug-likeness (QED) is 0.684. The van der Waals surface area contributed by atoms with Crippen LogP contribution in [0.4, 0.5) is 5.82 Å². The monoisotopic (exact) mass is 399 g/mol. The van der Waals surface area contributed by atoms with Crippen LogP contribution in [0.25, 0.3) is 11.0 Å². The van der Waals surface area contributed by atoms with Gasteiger partial charge in [0.05, 0.1) is 22.0 Å². The Kier molecular flexibility index (Phi) is 5.15. The lowest BCUT2D eigenvalue weighted by Crippen LogP contribution is -2.19. The van der Waals surface area contributed by atoms with Crippen LogP contribution in [0.2, 0.25) is 0 Å². The summed E-state index contributed by atoms with van der Waals surface area (Å²) in [5, 5.41) is 0. The fourth-order valence-corrected chi connectivity index (χ4v) is 4.17. The maximum atomic E-state index is 12.8. The molecule has 1 aromatic heterocycles. The van der Waals surface area contributed by atoms with Gasteiger partial charge in [-0.1, -0.05) is 24.3 Å². The van der Waals surface area contributed by atoms with Crippen LogP contribution in [0.3, 0.4) is 0 Å². The number of ether oxygens (including phenoxy) is 2. The number of aryl methyl sites for hydroxylation is 1. The van der Waals surface area contributed by atoms with Gasteiger partial charge in [0.25, 0.3) is 15.9 Å². The van der Waals surface area contributed by atoms with Gasteiger partial charge >= 0.3 is 0 Å². The second kappa shape index (κ2) is 7.73. The van der Waals surface area contributed by atoms with Gasteiger partial charge in [-0.3, -0.25) is 4.72 Å². The van der Waals surface area contributed by atoms with Crippen LogP contribution in [0.15, 0.2) is 53.4 Å². The molecule has 1 atom stereocenters. The van der Waals surface area contributed by atoms with Crippen LogP contribution in [-0.4, -0.2) is 37.7 Å². The first-order valence-corrected chi connectivity index (χ1v) is 10.6. The summed E-state index contributed by atoms with van der Waals surface area (Å²) in [6.07, 6.45) is 1.88. The number of hydrogen-bond donors (Lipinski definition) is 1. The van der Waals surface area contributed by atoms with E-state index in [-0.39, 0.29) is 22.7 Å². The lowest BCUT2D eigenvalue weighted by Gasteiger charge is -2.15. The van der Waals surface area contributed by atoms with Crippen molar-refractivity contribution in [3.63, 3.8) is 0 Å². The Hall–Kier alpha value is -2.71. The molecule has 1 saturated heterocycles. The highest BCUT2D eigenvalue weighted by molar-refractivity contribution is 7.92. The molecule has 1 unspecified atom stereocenters. The minimum atomic E-state index is -3.83. The molecule has 0 saturated carbocycles. The number of rotatable bonds is 6. The minimum absolute atomic E-state index is 0.0190. The van der Waals surface area contributed by atoms with E-state index >= 15 is 0 Å². The standard InChI is InChI=1S/C20H21N3O4S/c1-14-6-4-8-16(12-14)28(24,25)23-19-20(27-13-15-7-5-11-26-15)22-18-10-3-2-9-17(18)21-19/h2-4,6,8-10,12,15H,5,7,11,13H2,1H3,(H,21,23). The second-order valence-electron chi connectivity index (χ2n) is 6.73. The molecule has 2 heterocycles. The molecule has 1 fully saturated rings. The minimum Gasteiger partial charge on any atom is -0.472 e. The van der Waals surface area contributed by atoms with Gasteiger partial charge in [0.1, 0.15) is 6.61 Å². The summed E-state index contributed by atoms with van der Waals surface area (Å²) in [5.41, 5.74) is 2.06. The summed E-state index contributed by atoms with van der Waals surface area (Å²) in [6.45, 7) is 2.85. The van der Waals surface area contributed by atoms with Crippen LogP contribution in [0, 0.1) is 6.92 Å². The van der Waals surface area contributed by atoms with E-state index in [1.54, 1.807) is 24.3 Å². The first kappa shape index (κ1) is 18.6. The lowest BCUT2D eigenvalue weighted by molar-refractivity contribution is 0.0666. The number of benzene rings is 2. The molecule has 0 aliphatic carbocycles. The van der Waals surface area contributed by atoms with Gasteiger partial charge in [0, 0.05) is 6.61 Å². The van der Waals surface area contributed by atoms with E-state index in [1.165, 1.54) is 6.07 Å². The molecule has 0 amide bonds. The van der Waals surface area contributed by atoms with Gasteiger partial charge in [-0.15, -0.1) is 0 Å². The van der Waals surface area contributed by atoms with Crippen molar-refractivity contribution in [2.24, 2.45) is 0 Å². The number of aromatic nitrogens is 2. The first-order valence-electron chi connectivity index (χ1n) is 9.12. The third-order valence-corrected chi connectivity index (χ3v) is 5.84. The molecular weight excluding hydrogens is 378 g/mol. The Morgan fingerprint density at radius 2 is 1.93 bits per heavy atom. The first-order chi connectivity index (χ1) is 13.5. The highest BCUT2D eigenvalue weighted by atomic mass is 32.2. The van der Waals surface area contributed by atoms with Gasteiger partial charge in [-0.25, -0.2) is 18.4 Å². The van der Waals surface area contributed by atoms with E-state index in [4.69, 9.17) is 9.47 Å². The van der Waals surface area contributed by atoms with Crippen molar-refractivity contribution in [1.82, 2.24) is 9.97 Å². The van der Waals surface area contributed by atoms with Gasteiger partial charge in [0.15, 0.2) is 0 Å². The molecule has 7 nitrogen and oxygen atoms in total. The Bertz CT molecular complexity index is 1100. The molecule has 1 aliphatic heterocycles. The highest BCUT2D eigenvalue weighted by Crippen LogP contribution is 2.27. The van der Waals surface area contributed by atoms with Crippen molar-refractivity contribution < 1.29 is 17.9 Å². The average molecular weight is 399 g/mol. The third kappa shape index (κ3) is 4.07. The molecule has 0 bridgehead atoms. The lowest BCUT2D eigenvalue weighted by atomic mass is 10.2. The second-order valence-corrected chi connectivity index (χ2v) is 8.42. The van der Waals surface area contributed by atoms with Crippen molar-refractivity contribution in [1.29, 1.82) is 0 Å². The summed E-state index contributed by atoms with van der Waals surface area (Å²) in [6, 6.07) is 13.9. The number of sulfonamides is 1. The summed E-state index contributed by atoms with van der Waals surface area (Å²) >= 11 is 0. The fraction of sp³-hybridized carbons (Fsp3) is 0.300. The number of para-hydroxylation sites is 2. The zero-order chi connectivity index (χ0) is 19.6. The number of nitrogens with one attached hydrogen (secondary N) is 1. The normalized spacial score (nSPS) is 17.0. The third-order valence-electron chi connectivity index (χ3n) is 4.50. The Labute approximate surface area is 163 Å². The van der Waals surface area contributed by atoms with Crippen molar-refractivity contribution in [3.05, 3.63) is 54.1 Å². The van der Waals surface area contributed by atoms with Crippen LogP contribution >= 0.6 is 0 Å². The number of nitrogens with zero attached hydrogens (tertiary/aromatic N) is 2. The molecule has 3 aromatic rings. The molecule has 0 spiro atoms. The zero-order valence-electron chi connectivity index (χ0n) is 15.5. The van der Waals surface area contributed by atoms with E-state index in [1.807, 2.05) is 25.1 Å². The largest absolute Gasteiger partial charge is 0.472 e. The molecule has 1 aliphatic rings. The fourth-order valence-electron chi connectivity index (χ4n) is 3.07. The predicted molar refractivity (Wildman–Crippen MR) is 106 cm³/mol. The summed E-state index contributed by atoms with van der Waals surface area (Å²) in [4.78, 5) is 9.06. The van der Waals surface area contributed by atoms with Gasteiger partial charge in [-0.2, -0.15) is 0 Å². The average Bonchev–Trinajstić information content (AvgIpc) is 3.20. The van der Waals surface area contributed by atoms with Crippen LogP contribution in [-0.2, 0) is 14.8 Å². The van der Waals surface area contributed by atoms with E-state index < -0.39 is 10.0 Å². The maximum Gasteiger partial charge on any atom is 0.263 e. The molecular formula is C20H21N3O4S. The van der Waals surface area contributed by atoms with Crippen molar-refractivity contribution >= 4 is 26.9 Å². The van der Waals surface area contributed by atoms with Crippen LogP contribution < -0.4 is 9.46 Å². The molecule has 8 heteroatoms. The highest BCUT2D eigenvalue weighted by Gasteiger charge is 2.22. The van der Waals surface area contributed by atoms with Crippen molar-refractivity contribution in [2.75, 3.05) is 17.9 Å². The Morgan fingerprint density at radius 1 is 1.14 bits per heavy atom. The molecule has 1 N–H and O–H groups in total. The Morgan fingerprint density at radius 3 is 2.64 bits per heavy atom. The predicted octanol–water partition coefficient (Wildman–Crippen LogP) is 3.30. The summed E-state index contributed by atoms with van der Waals surface area (Å²) < 4.78 is 39.6. The molecule has 0 radical (unpaired) electrons. The zero-order valence-corrected chi connectivity index (χ0v) is 16.3. The topological polar surface area (TPSA) is 90.4 Å².